The summed E-state index contributed by atoms with van der Waals surface area (Å²) in [6.45, 7) is 1.85. The summed E-state index contributed by atoms with van der Waals surface area (Å²) in [6, 6.07) is 12.2. The predicted molar refractivity (Wildman–Crippen MR) is 120 cm³/mol. The summed E-state index contributed by atoms with van der Waals surface area (Å²) in [4.78, 5) is 14.5. The molecule has 5 rings (SSSR count). The molecule has 1 N–H and O–H groups in total. The Balaban J connectivity index is 1.19. The number of sulfonamides is 1. The fourth-order valence-corrected chi connectivity index (χ4v) is 5.97. The number of fused-ring (bicyclic) bond motifs is 1. The Morgan fingerprint density at radius 1 is 1.06 bits per heavy atom. The Morgan fingerprint density at radius 2 is 1.81 bits per heavy atom. The van der Waals surface area contributed by atoms with Crippen molar-refractivity contribution >= 4 is 38.8 Å². The van der Waals surface area contributed by atoms with E-state index in [9.17, 15) is 13.2 Å². The van der Waals surface area contributed by atoms with E-state index in [0.29, 0.717) is 43.8 Å². The number of urea groups is 1. The van der Waals surface area contributed by atoms with Gasteiger partial charge in [-0.05, 0) is 47.0 Å². The van der Waals surface area contributed by atoms with Crippen molar-refractivity contribution in [3.05, 3.63) is 59.2 Å². The van der Waals surface area contributed by atoms with E-state index in [1.54, 1.807) is 30.2 Å². The highest BCUT2D eigenvalue weighted by molar-refractivity contribution is 7.89. The highest BCUT2D eigenvalue weighted by Crippen LogP contribution is 2.30. The third-order valence-electron chi connectivity index (χ3n) is 5.73. The summed E-state index contributed by atoms with van der Waals surface area (Å²) in [6.07, 6.45) is 0. The van der Waals surface area contributed by atoms with Crippen molar-refractivity contribution in [3.63, 3.8) is 0 Å². The molecule has 0 fully saturated rings. The average molecular weight is 472 g/mol. The smallest absolute Gasteiger partial charge is 0.318 e. The summed E-state index contributed by atoms with van der Waals surface area (Å²) in [5, 5.41) is 2.92. The fraction of sp³-hybridized carbons (Fsp3) is 0.286. The summed E-state index contributed by atoms with van der Waals surface area (Å²) >= 11 is 1.06. The van der Waals surface area contributed by atoms with Crippen molar-refractivity contribution in [3.8, 4) is 5.75 Å². The minimum Gasteiger partial charge on any atom is -0.497 e. The molecule has 0 spiro atoms. The van der Waals surface area contributed by atoms with Gasteiger partial charge in [-0.3, -0.25) is 0 Å². The van der Waals surface area contributed by atoms with Gasteiger partial charge in [0.05, 0.1) is 23.7 Å². The molecule has 0 unspecified atom stereocenters. The maximum atomic E-state index is 13.1. The fourth-order valence-electron chi connectivity index (χ4n) is 4.00. The lowest BCUT2D eigenvalue weighted by atomic mass is 10.2. The van der Waals surface area contributed by atoms with Crippen molar-refractivity contribution in [2.75, 3.05) is 33.3 Å². The molecule has 0 bridgehead atoms. The molecule has 3 aromatic rings. The molecule has 1 aromatic heterocycles. The third kappa shape index (κ3) is 3.83. The normalized spacial score (nSPS) is 16.6. The van der Waals surface area contributed by atoms with Crippen LogP contribution in [0.5, 0.6) is 5.75 Å². The van der Waals surface area contributed by atoms with Gasteiger partial charge in [-0.1, -0.05) is 12.1 Å². The Bertz CT molecular complexity index is 1320. The standard InChI is InChI=1S/C21H21N5O4S2/c1-30-17-4-2-3-14(7-17)9-22-21(27)25-10-15-12-26(13-16(15)11-25)32(28,29)18-5-6-19-20(8-18)24-31-23-19/h2-8H,9-13H2,1H3,(H,22,27). The zero-order valence-corrected chi connectivity index (χ0v) is 18.9. The van der Waals surface area contributed by atoms with Gasteiger partial charge < -0.3 is 15.0 Å². The van der Waals surface area contributed by atoms with Crippen LogP contribution in [0, 0.1) is 0 Å². The highest BCUT2D eigenvalue weighted by atomic mass is 32.2. The Kier molecular flexibility index (Phi) is 5.31. The highest BCUT2D eigenvalue weighted by Gasteiger charge is 2.37. The maximum Gasteiger partial charge on any atom is 0.318 e. The molecule has 2 aromatic carbocycles. The molecular formula is C21H21N5O4S2. The number of hydrogen-bond acceptors (Lipinski definition) is 7. The van der Waals surface area contributed by atoms with E-state index in [1.165, 1.54) is 4.31 Å². The third-order valence-corrected chi connectivity index (χ3v) is 8.07. The number of methoxy groups -OCH3 is 1. The first-order chi connectivity index (χ1) is 15.4. The largest absolute Gasteiger partial charge is 0.497 e. The molecule has 0 saturated heterocycles. The van der Waals surface area contributed by atoms with Gasteiger partial charge in [0, 0.05) is 32.7 Å². The number of rotatable bonds is 5. The molecule has 2 aliphatic heterocycles. The van der Waals surface area contributed by atoms with Gasteiger partial charge in [0.1, 0.15) is 16.8 Å². The van der Waals surface area contributed by atoms with E-state index in [1.807, 2.05) is 24.3 Å². The van der Waals surface area contributed by atoms with Crippen molar-refractivity contribution in [2.45, 2.75) is 11.4 Å². The molecule has 3 heterocycles. The van der Waals surface area contributed by atoms with Gasteiger partial charge >= 0.3 is 6.03 Å². The molecule has 0 radical (unpaired) electrons. The number of nitrogens with zero attached hydrogens (tertiary/aromatic N) is 4. The number of benzene rings is 2. The van der Waals surface area contributed by atoms with Gasteiger partial charge in [0.25, 0.3) is 0 Å². The van der Waals surface area contributed by atoms with E-state index in [0.717, 1.165) is 34.2 Å². The second-order valence-corrected chi connectivity index (χ2v) is 10.2. The summed E-state index contributed by atoms with van der Waals surface area (Å²) < 4.78 is 41.1. The van der Waals surface area contributed by atoms with E-state index in [4.69, 9.17) is 4.74 Å². The minimum absolute atomic E-state index is 0.168. The van der Waals surface area contributed by atoms with E-state index >= 15 is 0 Å². The molecule has 32 heavy (non-hydrogen) atoms. The van der Waals surface area contributed by atoms with Crippen LogP contribution >= 0.6 is 11.7 Å². The van der Waals surface area contributed by atoms with Crippen molar-refractivity contribution in [1.82, 2.24) is 23.3 Å². The van der Waals surface area contributed by atoms with E-state index in [2.05, 4.69) is 14.1 Å². The van der Waals surface area contributed by atoms with Gasteiger partial charge in [-0.25, -0.2) is 13.2 Å². The van der Waals surface area contributed by atoms with Crippen LogP contribution < -0.4 is 10.1 Å². The van der Waals surface area contributed by atoms with Crippen molar-refractivity contribution in [2.24, 2.45) is 0 Å². The van der Waals surface area contributed by atoms with Crippen LogP contribution in [0.25, 0.3) is 11.0 Å². The molecule has 0 atom stereocenters. The SMILES string of the molecule is COc1cccc(CNC(=O)N2CC3=C(C2)CN(S(=O)(=O)c2ccc4nsnc4c2)C3)c1. The number of amides is 2. The van der Waals surface area contributed by atoms with Gasteiger partial charge in [0.15, 0.2) is 0 Å². The second kappa shape index (κ2) is 8.15. The van der Waals surface area contributed by atoms with Gasteiger partial charge in [-0.15, -0.1) is 0 Å². The average Bonchev–Trinajstić information content (AvgIpc) is 3.51. The zero-order chi connectivity index (χ0) is 22.3. The summed E-state index contributed by atoms with van der Waals surface area (Å²) in [5.41, 5.74) is 4.19. The Labute approximate surface area is 189 Å². The molecular weight excluding hydrogens is 450 g/mol. The maximum absolute atomic E-state index is 13.1. The molecule has 0 aliphatic carbocycles. The van der Waals surface area contributed by atoms with Gasteiger partial charge in [0.2, 0.25) is 10.0 Å². The lowest BCUT2D eigenvalue weighted by Gasteiger charge is -2.23. The molecule has 166 valence electrons. The monoisotopic (exact) mass is 471 g/mol. The van der Waals surface area contributed by atoms with Crippen molar-refractivity contribution in [1.29, 1.82) is 0 Å². The summed E-state index contributed by atoms with van der Waals surface area (Å²) in [7, 11) is -2.04. The Morgan fingerprint density at radius 3 is 2.56 bits per heavy atom. The molecule has 0 saturated carbocycles. The van der Waals surface area contributed by atoms with Crippen LogP contribution in [0.3, 0.4) is 0 Å². The van der Waals surface area contributed by atoms with Crippen LogP contribution in [-0.2, 0) is 16.6 Å². The number of aromatic nitrogens is 2. The number of hydrogen-bond donors (Lipinski definition) is 1. The molecule has 2 aliphatic rings. The first-order valence-corrected chi connectivity index (χ1v) is 12.2. The lowest BCUT2D eigenvalue weighted by molar-refractivity contribution is 0.208. The molecule has 9 nitrogen and oxygen atoms in total. The van der Waals surface area contributed by atoms with Crippen LogP contribution in [-0.4, -0.2) is 65.7 Å². The first-order valence-electron chi connectivity index (χ1n) is 10.0. The van der Waals surface area contributed by atoms with Crippen LogP contribution in [0.15, 0.2) is 58.5 Å². The van der Waals surface area contributed by atoms with Crippen LogP contribution in [0.4, 0.5) is 4.79 Å². The lowest BCUT2D eigenvalue weighted by Crippen LogP contribution is -2.41. The topological polar surface area (TPSA) is 105 Å². The minimum atomic E-state index is -3.64. The number of ether oxygens (including phenoxy) is 1. The quantitative estimate of drug-likeness (QED) is 0.572. The predicted octanol–water partition coefficient (Wildman–Crippen LogP) is 2.23. The first kappa shape index (κ1) is 20.9. The van der Waals surface area contributed by atoms with E-state index in [-0.39, 0.29) is 10.9 Å². The zero-order valence-electron chi connectivity index (χ0n) is 17.3. The number of carbonyl (C=O) groups excluding carboxylic acids is 1. The van der Waals surface area contributed by atoms with Crippen LogP contribution in [0.2, 0.25) is 0 Å². The number of nitrogens with one attached hydrogen (secondary N) is 1. The number of carbonyl (C=O) groups is 1. The molecule has 11 heteroatoms. The second-order valence-electron chi connectivity index (χ2n) is 7.76. The summed E-state index contributed by atoms with van der Waals surface area (Å²) in [5.74, 6) is 0.741. The van der Waals surface area contributed by atoms with Gasteiger partial charge in [-0.2, -0.15) is 13.1 Å². The van der Waals surface area contributed by atoms with Crippen molar-refractivity contribution < 1.29 is 17.9 Å². The van der Waals surface area contributed by atoms with Crippen LogP contribution in [0.1, 0.15) is 5.56 Å². The van der Waals surface area contributed by atoms with E-state index < -0.39 is 10.0 Å². The molecule has 2 amide bonds. The Hall–Kier alpha value is -3.02.